The van der Waals surface area contributed by atoms with E-state index in [1.54, 1.807) is 6.07 Å². The molecule has 1 amide bonds. The summed E-state index contributed by atoms with van der Waals surface area (Å²) in [5.41, 5.74) is 0.313. The molecule has 1 aromatic carbocycles. The summed E-state index contributed by atoms with van der Waals surface area (Å²) in [5.74, 6) is -0.851. The molecule has 136 valence electrons. The molecule has 1 aliphatic rings. The van der Waals surface area contributed by atoms with Gasteiger partial charge in [0.2, 0.25) is 0 Å². The first-order valence-electron chi connectivity index (χ1n) is 7.16. The van der Waals surface area contributed by atoms with E-state index in [-0.39, 0.29) is 20.7 Å². The minimum atomic E-state index is -0.689. The summed E-state index contributed by atoms with van der Waals surface area (Å²) in [6.07, 6.45) is 2.60. The first kappa shape index (κ1) is 18.4. The average Bonchev–Trinajstić information content (AvgIpc) is 3.19. The molecule has 2 heterocycles. The van der Waals surface area contributed by atoms with E-state index >= 15 is 0 Å². The second kappa shape index (κ2) is 7.47. The zero-order valence-corrected chi connectivity index (χ0v) is 14.8. The van der Waals surface area contributed by atoms with E-state index in [0.29, 0.717) is 5.56 Å². The fourth-order valence-electron chi connectivity index (χ4n) is 2.05. The molecule has 1 aliphatic heterocycles. The summed E-state index contributed by atoms with van der Waals surface area (Å²) in [6, 6.07) is 8.25. The van der Waals surface area contributed by atoms with Crippen molar-refractivity contribution in [3.8, 4) is 0 Å². The number of nitrogens with zero attached hydrogens (tertiary/aromatic N) is 4. The highest BCUT2D eigenvalue weighted by Crippen LogP contribution is 2.33. The Balaban J connectivity index is 1.79. The van der Waals surface area contributed by atoms with Crippen molar-refractivity contribution in [1.29, 1.82) is 0 Å². The largest absolute Gasteiger partial charge is 0.433 e. The lowest BCUT2D eigenvalue weighted by molar-refractivity contribution is -0.402. The summed E-state index contributed by atoms with van der Waals surface area (Å²) in [5, 5.41) is 26.4. The highest BCUT2D eigenvalue weighted by atomic mass is 32.2. The predicted octanol–water partition coefficient (Wildman–Crippen LogP) is 3.33. The average molecular weight is 404 g/mol. The summed E-state index contributed by atoms with van der Waals surface area (Å²) in [6.45, 7) is 0. The van der Waals surface area contributed by atoms with Crippen LogP contribution in [-0.2, 0) is 4.79 Å². The Bertz CT molecular complexity index is 1030. The fraction of sp³-hybridized carbons (Fsp3) is 0. The van der Waals surface area contributed by atoms with E-state index in [4.69, 9.17) is 16.6 Å². The molecule has 1 fully saturated rings. The van der Waals surface area contributed by atoms with Gasteiger partial charge in [-0.2, -0.15) is 10.1 Å². The lowest BCUT2D eigenvalue weighted by Crippen LogP contribution is -2.22. The molecule has 1 saturated heterocycles. The van der Waals surface area contributed by atoms with Crippen LogP contribution in [0, 0.1) is 20.2 Å². The highest BCUT2D eigenvalue weighted by molar-refractivity contribution is 8.26. The molecule has 27 heavy (non-hydrogen) atoms. The number of nitro benzene ring substituents is 1. The van der Waals surface area contributed by atoms with Gasteiger partial charge in [-0.3, -0.25) is 25.0 Å². The number of amides is 1. The Morgan fingerprint density at radius 3 is 2.63 bits per heavy atom. The molecule has 10 nitrogen and oxygen atoms in total. The number of thiocarbonyl (C=S) groups is 1. The van der Waals surface area contributed by atoms with Crippen molar-refractivity contribution in [1.82, 2.24) is 5.01 Å². The number of carbonyl (C=O) groups excluding carboxylic acids is 1. The SMILES string of the molecule is O=C1/C(=C\c2ccc([N+](=O)[O-])o2)SC(=S)N1/N=C/c1cccc([N+](=O)[O-])c1. The van der Waals surface area contributed by atoms with Gasteiger partial charge in [-0.1, -0.05) is 23.9 Å². The van der Waals surface area contributed by atoms with Crippen LogP contribution in [0.15, 0.2) is 50.8 Å². The van der Waals surface area contributed by atoms with Crippen LogP contribution in [0.3, 0.4) is 0 Å². The number of rotatable bonds is 5. The Kier molecular flexibility index (Phi) is 5.09. The summed E-state index contributed by atoms with van der Waals surface area (Å²) >= 11 is 6.06. The third-order valence-corrected chi connectivity index (χ3v) is 4.53. The van der Waals surface area contributed by atoms with Crippen LogP contribution in [0.5, 0.6) is 0 Å². The van der Waals surface area contributed by atoms with Gasteiger partial charge in [-0.15, -0.1) is 0 Å². The number of hydrogen-bond donors (Lipinski definition) is 0. The minimum Gasteiger partial charge on any atom is -0.401 e. The maximum atomic E-state index is 12.4. The Morgan fingerprint density at radius 1 is 1.19 bits per heavy atom. The Labute approximate surface area is 160 Å². The maximum Gasteiger partial charge on any atom is 0.433 e. The third-order valence-electron chi connectivity index (χ3n) is 3.24. The molecule has 12 heteroatoms. The second-order valence-corrected chi connectivity index (χ2v) is 6.70. The highest BCUT2D eigenvalue weighted by Gasteiger charge is 2.32. The molecule has 2 aromatic rings. The molecule has 0 N–H and O–H groups in total. The number of non-ortho nitro benzene ring substituents is 1. The molecule has 0 saturated carbocycles. The zero-order chi connectivity index (χ0) is 19.6. The molecule has 0 aliphatic carbocycles. The molecule has 3 rings (SSSR count). The summed E-state index contributed by atoms with van der Waals surface area (Å²) < 4.78 is 5.13. The van der Waals surface area contributed by atoms with Crippen LogP contribution in [-0.4, -0.2) is 31.3 Å². The van der Waals surface area contributed by atoms with Crippen LogP contribution in [0.1, 0.15) is 11.3 Å². The molecule has 0 radical (unpaired) electrons. The van der Waals surface area contributed by atoms with Crippen LogP contribution < -0.4 is 0 Å². The fourth-order valence-corrected chi connectivity index (χ4v) is 3.20. The number of thioether (sulfide) groups is 1. The van der Waals surface area contributed by atoms with Gasteiger partial charge in [-0.25, -0.2) is 0 Å². The van der Waals surface area contributed by atoms with E-state index in [2.05, 4.69) is 5.10 Å². The van der Waals surface area contributed by atoms with E-state index < -0.39 is 21.6 Å². The molecule has 1 aromatic heterocycles. The van der Waals surface area contributed by atoms with Crippen molar-refractivity contribution in [2.24, 2.45) is 5.10 Å². The van der Waals surface area contributed by atoms with E-state index in [0.717, 1.165) is 16.8 Å². The number of hydrazone groups is 1. The van der Waals surface area contributed by atoms with Gasteiger partial charge < -0.3 is 4.42 Å². The van der Waals surface area contributed by atoms with Gasteiger partial charge in [0.25, 0.3) is 11.6 Å². The van der Waals surface area contributed by atoms with Gasteiger partial charge in [0.1, 0.15) is 10.7 Å². The first-order chi connectivity index (χ1) is 12.8. The number of carbonyl (C=O) groups is 1. The topological polar surface area (TPSA) is 132 Å². The monoisotopic (exact) mass is 404 g/mol. The van der Waals surface area contributed by atoms with Crippen molar-refractivity contribution < 1.29 is 19.1 Å². The third kappa shape index (κ3) is 4.07. The zero-order valence-electron chi connectivity index (χ0n) is 13.2. The van der Waals surface area contributed by atoms with Crippen molar-refractivity contribution in [3.63, 3.8) is 0 Å². The van der Waals surface area contributed by atoms with Gasteiger partial charge in [-0.05, 0) is 18.3 Å². The van der Waals surface area contributed by atoms with Crippen LogP contribution >= 0.6 is 24.0 Å². The normalized spacial score (nSPS) is 15.9. The Hall–Kier alpha value is -3.38. The van der Waals surface area contributed by atoms with E-state index in [1.165, 1.54) is 42.6 Å². The Morgan fingerprint density at radius 2 is 1.96 bits per heavy atom. The number of hydrogen-bond acceptors (Lipinski definition) is 9. The molecule has 0 unspecified atom stereocenters. The van der Waals surface area contributed by atoms with Crippen LogP contribution in [0.2, 0.25) is 0 Å². The van der Waals surface area contributed by atoms with Gasteiger partial charge in [0, 0.05) is 23.8 Å². The molecule has 0 atom stereocenters. The predicted molar refractivity (Wildman–Crippen MR) is 101 cm³/mol. The number of nitro groups is 2. The molecular weight excluding hydrogens is 396 g/mol. The molecule has 0 spiro atoms. The smallest absolute Gasteiger partial charge is 0.401 e. The van der Waals surface area contributed by atoms with Crippen molar-refractivity contribution in [3.05, 3.63) is 72.9 Å². The summed E-state index contributed by atoms with van der Waals surface area (Å²) in [7, 11) is 0. The second-order valence-electron chi connectivity index (χ2n) is 5.02. The van der Waals surface area contributed by atoms with Gasteiger partial charge in [0.05, 0.1) is 22.1 Å². The lowest BCUT2D eigenvalue weighted by Gasteiger charge is -2.05. The van der Waals surface area contributed by atoms with Gasteiger partial charge in [0.15, 0.2) is 4.32 Å². The maximum absolute atomic E-state index is 12.4. The van der Waals surface area contributed by atoms with E-state index in [1.807, 2.05) is 0 Å². The van der Waals surface area contributed by atoms with Gasteiger partial charge >= 0.3 is 5.88 Å². The van der Waals surface area contributed by atoms with Crippen LogP contribution in [0.4, 0.5) is 11.6 Å². The van der Waals surface area contributed by atoms with Crippen molar-refractivity contribution in [2.75, 3.05) is 0 Å². The molecule has 0 bridgehead atoms. The molecular formula is C15H8N4O6S2. The first-order valence-corrected chi connectivity index (χ1v) is 8.38. The van der Waals surface area contributed by atoms with Crippen LogP contribution in [0.25, 0.3) is 6.08 Å². The summed E-state index contributed by atoms with van der Waals surface area (Å²) in [4.78, 5) is 32.8. The number of furan rings is 1. The van der Waals surface area contributed by atoms with E-state index in [9.17, 15) is 25.0 Å². The standard InChI is InChI=1S/C15H8N4O6S2/c20-14-12(7-11-4-5-13(25-11)19(23)24)27-15(26)17(14)16-8-9-2-1-3-10(6-9)18(21)22/h1-8H/b12-7+,16-8+. The van der Waals surface area contributed by atoms with Crippen molar-refractivity contribution >= 4 is 58.1 Å². The number of benzene rings is 1. The van der Waals surface area contributed by atoms with Crippen molar-refractivity contribution in [2.45, 2.75) is 0 Å². The lowest BCUT2D eigenvalue weighted by atomic mass is 10.2. The minimum absolute atomic E-state index is 0.108. The quantitative estimate of drug-likeness (QED) is 0.244.